The van der Waals surface area contributed by atoms with Crippen molar-refractivity contribution in [3.63, 3.8) is 0 Å². The van der Waals surface area contributed by atoms with E-state index in [9.17, 15) is 9.59 Å². The molecular formula is C17H22N2O2. The molecule has 2 amide bonds. The standard InChI is InChI=1S/C17H22N2O2/c1-17(2)11-15(20)19(14-8-4-3-7-13(14)17)12-16(21)18-9-5-6-10-18/h3-4,7-8H,5-6,9-12H2,1-2H3. The molecule has 4 heteroatoms. The summed E-state index contributed by atoms with van der Waals surface area (Å²) in [7, 11) is 0. The molecule has 4 nitrogen and oxygen atoms in total. The monoisotopic (exact) mass is 286 g/mol. The van der Waals surface area contributed by atoms with E-state index in [1.165, 1.54) is 0 Å². The van der Waals surface area contributed by atoms with Crippen LogP contribution in [0.1, 0.15) is 38.7 Å². The number of para-hydroxylation sites is 1. The van der Waals surface area contributed by atoms with Gasteiger partial charge in [0.25, 0.3) is 0 Å². The average molecular weight is 286 g/mol. The minimum absolute atomic E-state index is 0.0475. The molecule has 2 aliphatic rings. The van der Waals surface area contributed by atoms with Crippen LogP contribution in [0.25, 0.3) is 0 Å². The molecule has 0 aliphatic carbocycles. The number of nitrogens with zero attached hydrogens (tertiary/aromatic N) is 2. The lowest BCUT2D eigenvalue weighted by Crippen LogP contribution is -2.47. The highest BCUT2D eigenvalue weighted by molar-refractivity contribution is 6.02. The summed E-state index contributed by atoms with van der Waals surface area (Å²) in [5.74, 6) is 0.113. The molecule has 2 heterocycles. The quantitative estimate of drug-likeness (QED) is 0.837. The summed E-state index contributed by atoms with van der Waals surface area (Å²) in [6, 6.07) is 7.94. The van der Waals surface area contributed by atoms with Gasteiger partial charge in [0.1, 0.15) is 6.54 Å². The molecule has 3 rings (SSSR count). The Morgan fingerprint density at radius 1 is 1.19 bits per heavy atom. The second-order valence-electron chi connectivity index (χ2n) is 6.65. The van der Waals surface area contributed by atoms with E-state index in [2.05, 4.69) is 19.9 Å². The van der Waals surface area contributed by atoms with Gasteiger partial charge in [-0.05, 0) is 24.5 Å². The van der Waals surface area contributed by atoms with Crippen molar-refractivity contribution in [3.05, 3.63) is 29.8 Å². The number of hydrogen-bond donors (Lipinski definition) is 0. The van der Waals surface area contributed by atoms with Gasteiger partial charge in [-0.15, -0.1) is 0 Å². The fourth-order valence-corrected chi connectivity index (χ4v) is 3.36. The first kappa shape index (κ1) is 14.1. The molecule has 1 aromatic carbocycles. The minimum atomic E-state index is -0.166. The van der Waals surface area contributed by atoms with Gasteiger partial charge < -0.3 is 9.80 Å². The Kier molecular flexibility index (Phi) is 3.47. The summed E-state index contributed by atoms with van der Waals surface area (Å²) in [5.41, 5.74) is 1.88. The molecular weight excluding hydrogens is 264 g/mol. The Morgan fingerprint density at radius 3 is 2.57 bits per heavy atom. The molecule has 112 valence electrons. The maximum atomic E-state index is 12.5. The Bertz CT molecular complexity index is 574. The molecule has 0 aromatic heterocycles. The zero-order chi connectivity index (χ0) is 15.0. The van der Waals surface area contributed by atoms with E-state index in [1.54, 1.807) is 4.90 Å². The second-order valence-corrected chi connectivity index (χ2v) is 6.65. The maximum absolute atomic E-state index is 12.5. The number of carbonyl (C=O) groups is 2. The van der Waals surface area contributed by atoms with Crippen molar-refractivity contribution in [2.45, 2.75) is 38.5 Å². The van der Waals surface area contributed by atoms with Gasteiger partial charge in [0, 0.05) is 30.6 Å². The summed E-state index contributed by atoms with van der Waals surface area (Å²) in [4.78, 5) is 28.4. The van der Waals surface area contributed by atoms with Crippen LogP contribution >= 0.6 is 0 Å². The Hall–Kier alpha value is -1.84. The highest BCUT2D eigenvalue weighted by atomic mass is 16.2. The number of hydrogen-bond acceptors (Lipinski definition) is 2. The molecule has 0 saturated carbocycles. The normalized spacial score (nSPS) is 20.6. The fourth-order valence-electron chi connectivity index (χ4n) is 3.36. The third-order valence-corrected chi connectivity index (χ3v) is 4.57. The van der Waals surface area contributed by atoms with Gasteiger partial charge in [-0.3, -0.25) is 9.59 Å². The third-order valence-electron chi connectivity index (χ3n) is 4.57. The van der Waals surface area contributed by atoms with Gasteiger partial charge in [0.05, 0.1) is 0 Å². The van der Waals surface area contributed by atoms with E-state index in [4.69, 9.17) is 0 Å². The van der Waals surface area contributed by atoms with E-state index < -0.39 is 0 Å². The number of amides is 2. The van der Waals surface area contributed by atoms with Crippen molar-refractivity contribution >= 4 is 17.5 Å². The Balaban J connectivity index is 1.88. The van der Waals surface area contributed by atoms with Crippen LogP contribution in [-0.4, -0.2) is 36.3 Å². The summed E-state index contributed by atoms with van der Waals surface area (Å²) in [5, 5.41) is 0. The van der Waals surface area contributed by atoms with Crippen molar-refractivity contribution in [1.29, 1.82) is 0 Å². The van der Waals surface area contributed by atoms with Crippen LogP contribution in [-0.2, 0) is 15.0 Å². The SMILES string of the molecule is CC1(C)CC(=O)N(CC(=O)N2CCCC2)c2ccccc21. The highest BCUT2D eigenvalue weighted by Crippen LogP contribution is 2.39. The van der Waals surface area contributed by atoms with Gasteiger partial charge in [-0.1, -0.05) is 32.0 Å². The van der Waals surface area contributed by atoms with Crippen LogP contribution in [0.5, 0.6) is 0 Å². The number of rotatable bonds is 2. The number of likely N-dealkylation sites (tertiary alicyclic amines) is 1. The van der Waals surface area contributed by atoms with Crippen molar-refractivity contribution < 1.29 is 9.59 Å². The predicted octanol–water partition coefficient (Wildman–Crippen LogP) is 2.32. The third kappa shape index (κ3) is 2.55. The molecule has 0 spiro atoms. The van der Waals surface area contributed by atoms with E-state index in [-0.39, 0.29) is 23.8 Å². The number of benzene rings is 1. The van der Waals surface area contributed by atoms with Crippen LogP contribution in [0.3, 0.4) is 0 Å². The smallest absolute Gasteiger partial charge is 0.242 e. The van der Waals surface area contributed by atoms with E-state index >= 15 is 0 Å². The van der Waals surface area contributed by atoms with Gasteiger partial charge >= 0.3 is 0 Å². The van der Waals surface area contributed by atoms with Crippen molar-refractivity contribution in [1.82, 2.24) is 4.90 Å². The van der Waals surface area contributed by atoms with Gasteiger partial charge in [-0.2, -0.15) is 0 Å². The zero-order valence-electron chi connectivity index (χ0n) is 12.8. The van der Waals surface area contributed by atoms with Crippen molar-refractivity contribution in [3.8, 4) is 0 Å². The second kappa shape index (κ2) is 5.17. The fraction of sp³-hybridized carbons (Fsp3) is 0.529. The first-order valence-electron chi connectivity index (χ1n) is 7.67. The summed E-state index contributed by atoms with van der Waals surface area (Å²) in [6.45, 7) is 6.00. The Labute approximate surface area is 125 Å². The van der Waals surface area contributed by atoms with Crippen LogP contribution in [0.2, 0.25) is 0 Å². The van der Waals surface area contributed by atoms with Gasteiger partial charge in [0.15, 0.2) is 0 Å². The molecule has 0 N–H and O–H groups in total. The molecule has 0 atom stereocenters. The molecule has 2 aliphatic heterocycles. The molecule has 1 aromatic rings. The number of fused-ring (bicyclic) bond motifs is 1. The summed E-state index contributed by atoms with van der Waals surface area (Å²) in [6.07, 6.45) is 2.60. The maximum Gasteiger partial charge on any atom is 0.242 e. The van der Waals surface area contributed by atoms with Crippen molar-refractivity contribution in [2.24, 2.45) is 0 Å². The van der Waals surface area contributed by atoms with Crippen molar-refractivity contribution in [2.75, 3.05) is 24.5 Å². The van der Waals surface area contributed by atoms with E-state index in [0.29, 0.717) is 6.42 Å². The number of carbonyl (C=O) groups excluding carboxylic acids is 2. The first-order chi connectivity index (χ1) is 9.99. The molecule has 1 saturated heterocycles. The summed E-state index contributed by atoms with van der Waals surface area (Å²) < 4.78 is 0. The summed E-state index contributed by atoms with van der Waals surface area (Å²) >= 11 is 0. The number of anilines is 1. The lowest BCUT2D eigenvalue weighted by atomic mass is 9.77. The Morgan fingerprint density at radius 2 is 1.86 bits per heavy atom. The first-order valence-corrected chi connectivity index (χ1v) is 7.67. The average Bonchev–Trinajstić information content (AvgIpc) is 2.97. The highest BCUT2D eigenvalue weighted by Gasteiger charge is 2.37. The van der Waals surface area contributed by atoms with Crippen LogP contribution in [0.4, 0.5) is 5.69 Å². The molecule has 0 bridgehead atoms. The topological polar surface area (TPSA) is 40.6 Å². The lowest BCUT2D eigenvalue weighted by Gasteiger charge is -2.38. The zero-order valence-corrected chi connectivity index (χ0v) is 12.8. The predicted molar refractivity (Wildman–Crippen MR) is 82.3 cm³/mol. The lowest BCUT2D eigenvalue weighted by molar-refractivity contribution is -0.130. The molecule has 21 heavy (non-hydrogen) atoms. The molecule has 0 unspecified atom stereocenters. The van der Waals surface area contributed by atoms with Gasteiger partial charge in [0.2, 0.25) is 11.8 Å². The largest absolute Gasteiger partial charge is 0.341 e. The molecule has 0 radical (unpaired) electrons. The minimum Gasteiger partial charge on any atom is -0.341 e. The van der Waals surface area contributed by atoms with Crippen LogP contribution < -0.4 is 4.90 Å². The van der Waals surface area contributed by atoms with Crippen LogP contribution in [0.15, 0.2) is 24.3 Å². The van der Waals surface area contributed by atoms with Gasteiger partial charge in [-0.25, -0.2) is 0 Å². The van der Waals surface area contributed by atoms with E-state index in [1.807, 2.05) is 23.1 Å². The van der Waals surface area contributed by atoms with E-state index in [0.717, 1.165) is 37.2 Å². The van der Waals surface area contributed by atoms with Crippen LogP contribution in [0, 0.1) is 0 Å². The molecule has 1 fully saturated rings.